The summed E-state index contributed by atoms with van der Waals surface area (Å²) in [6.07, 6.45) is -0.493. The number of benzene rings is 2. The summed E-state index contributed by atoms with van der Waals surface area (Å²) in [4.78, 5) is 26.6. The summed E-state index contributed by atoms with van der Waals surface area (Å²) in [6, 6.07) is 13.9. The van der Waals surface area contributed by atoms with Gasteiger partial charge in [-0.05, 0) is 44.0 Å². The van der Waals surface area contributed by atoms with Crippen molar-refractivity contribution in [3.05, 3.63) is 80.1 Å². The van der Waals surface area contributed by atoms with Gasteiger partial charge in [0.15, 0.2) is 11.5 Å². The van der Waals surface area contributed by atoms with Gasteiger partial charge in [0.2, 0.25) is 0 Å². The zero-order chi connectivity index (χ0) is 25.6. The van der Waals surface area contributed by atoms with Gasteiger partial charge in [-0.1, -0.05) is 35.9 Å². The minimum Gasteiger partial charge on any atom is -0.490 e. The van der Waals surface area contributed by atoms with E-state index in [1.165, 1.54) is 11.6 Å². The molecule has 8 nitrogen and oxygen atoms in total. The average Bonchev–Trinajstić information content (AvgIpc) is 3.23. The van der Waals surface area contributed by atoms with E-state index in [2.05, 4.69) is 4.57 Å². The van der Waals surface area contributed by atoms with E-state index < -0.39 is 6.10 Å². The van der Waals surface area contributed by atoms with Gasteiger partial charge in [-0.25, -0.2) is 4.79 Å². The second kappa shape index (κ2) is 9.35. The SMILES string of the molecule is CCOc1ccc([C@@H]2OCCn3c(-c4ccc(C)cc4)c4c(=O)n(C)c(=O)n(C)c4c32)cc1OCC. The van der Waals surface area contributed by atoms with E-state index in [-0.39, 0.29) is 11.2 Å². The number of fused-ring (bicyclic) bond motifs is 3. The largest absolute Gasteiger partial charge is 0.490 e. The molecule has 1 atom stereocenters. The third-order valence-corrected chi connectivity index (χ3v) is 6.75. The number of aryl methyl sites for hydroxylation is 2. The first-order valence-electron chi connectivity index (χ1n) is 12.3. The van der Waals surface area contributed by atoms with Gasteiger partial charge < -0.3 is 18.8 Å². The fraction of sp³-hybridized carbons (Fsp3) is 0.357. The Labute approximate surface area is 209 Å². The molecule has 2 aromatic heterocycles. The van der Waals surface area contributed by atoms with Crippen LogP contribution in [0.25, 0.3) is 22.2 Å². The number of hydrogen-bond acceptors (Lipinski definition) is 5. The topological polar surface area (TPSA) is 76.6 Å². The summed E-state index contributed by atoms with van der Waals surface area (Å²) in [7, 11) is 3.23. The molecule has 5 rings (SSSR count). The average molecular weight is 490 g/mol. The molecule has 1 aliphatic heterocycles. The third kappa shape index (κ3) is 3.73. The Morgan fingerprint density at radius 3 is 2.33 bits per heavy atom. The van der Waals surface area contributed by atoms with Crippen molar-refractivity contribution < 1.29 is 14.2 Å². The lowest BCUT2D eigenvalue weighted by Crippen LogP contribution is -2.37. The van der Waals surface area contributed by atoms with Crippen LogP contribution in [-0.2, 0) is 25.4 Å². The fourth-order valence-corrected chi connectivity index (χ4v) is 5.08. The Kier molecular flexibility index (Phi) is 6.22. The van der Waals surface area contributed by atoms with Gasteiger partial charge in [-0.15, -0.1) is 0 Å². The second-order valence-corrected chi connectivity index (χ2v) is 9.00. The molecule has 36 heavy (non-hydrogen) atoms. The minimum absolute atomic E-state index is 0.314. The van der Waals surface area contributed by atoms with Crippen LogP contribution in [0.1, 0.15) is 36.8 Å². The molecule has 0 amide bonds. The molecule has 0 aliphatic carbocycles. The Morgan fingerprint density at radius 2 is 1.64 bits per heavy atom. The predicted molar refractivity (Wildman–Crippen MR) is 139 cm³/mol. The summed E-state index contributed by atoms with van der Waals surface area (Å²) >= 11 is 0. The Bertz CT molecular complexity index is 1560. The van der Waals surface area contributed by atoms with Gasteiger partial charge in [0.25, 0.3) is 5.56 Å². The highest BCUT2D eigenvalue weighted by molar-refractivity contribution is 5.96. The highest BCUT2D eigenvalue weighted by Crippen LogP contribution is 2.42. The lowest BCUT2D eigenvalue weighted by molar-refractivity contribution is 0.0476. The van der Waals surface area contributed by atoms with Gasteiger partial charge in [0.05, 0.1) is 42.1 Å². The van der Waals surface area contributed by atoms with E-state index >= 15 is 0 Å². The lowest BCUT2D eigenvalue weighted by Gasteiger charge is -2.28. The molecule has 188 valence electrons. The van der Waals surface area contributed by atoms with Crippen LogP contribution in [0.5, 0.6) is 11.5 Å². The van der Waals surface area contributed by atoms with Crippen LogP contribution in [0.15, 0.2) is 52.1 Å². The quantitative estimate of drug-likeness (QED) is 0.410. The zero-order valence-corrected chi connectivity index (χ0v) is 21.3. The molecule has 1 aliphatic rings. The van der Waals surface area contributed by atoms with E-state index in [4.69, 9.17) is 14.2 Å². The number of aromatic nitrogens is 3. The van der Waals surface area contributed by atoms with Crippen LogP contribution in [0.4, 0.5) is 0 Å². The van der Waals surface area contributed by atoms with Crippen molar-refractivity contribution in [2.75, 3.05) is 19.8 Å². The van der Waals surface area contributed by atoms with E-state index in [0.29, 0.717) is 48.8 Å². The summed E-state index contributed by atoms with van der Waals surface area (Å²) in [6.45, 7) is 7.94. The third-order valence-electron chi connectivity index (χ3n) is 6.75. The van der Waals surface area contributed by atoms with Gasteiger partial charge in [0.1, 0.15) is 6.10 Å². The van der Waals surface area contributed by atoms with E-state index in [1.54, 1.807) is 11.6 Å². The molecule has 0 bridgehead atoms. The molecule has 8 heteroatoms. The number of hydrogen-bond donors (Lipinski definition) is 0. The normalized spacial score (nSPS) is 15.2. The summed E-state index contributed by atoms with van der Waals surface area (Å²) < 4.78 is 22.8. The van der Waals surface area contributed by atoms with Crippen LogP contribution < -0.4 is 20.7 Å². The van der Waals surface area contributed by atoms with Crippen molar-refractivity contribution in [1.82, 2.24) is 13.7 Å². The smallest absolute Gasteiger partial charge is 0.331 e. The molecule has 3 heterocycles. The minimum atomic E-state index is -0.493. The van der Waals surface area contributed by atoms with Gasteiger partial charge >= 0.3 is 5.69 Å². The molecular formula is C28H31N3O5. The Balaban J connectivity index is 1.83. The van der Waals surface area contributed by atoms with E-state index in [0.717, 1.165) is 28.1 Å². The van der Waals surface area contributed by atoms with Crippen molar-refractivity contribution >= 4 is 10.9 Å². The maximum absolute atomic E-state index is 13.5. The van der Waals surface area contributed by atoms with E-state index in [9.17, 15) is 9.59 Å². The number of ether oxygens (including phenoxy) is 3. The van der Waals surface area contributed by atoms with Crippen LogP contribution in [0.3, 0.4) is 0 Å². The Morgan fingerprint density at radius 1 is 0.944 bits per heavy atom. The van der Waals surface area contributed by atoms with Crippen molar-refractivity contribution in [2.45, 2.75) is 33.4 Å². The van der Waals surface area contributed by atoms with Gasteiger partial charge in [-0.2, -0.15) is 0 Å². The molecule has 0 spiro atoms. The summed E-state index contributed by atoms with van der Waals surface area (Å²) in [5, 5.41) is 0.518. The van der Waals surface area contributed by atoms with Gasteiger partial charge in [0, 0.05) is 20.6 Å². The maximum Gasteiger partial charge on any atom is 0.331 e. The van der Waals surface area contributed by atoms with Crippen molar-refractivity contribution in [2.24, 2.45) is 14.1 Å². The highest BCUT2D eigenvalue weighted by Gasteiger charge is 2.33. The molecule has 0 saturated heterocycles. The van der Waals surface area contributed by atoms with Crippen LogP contribution >= 0.6 is 0 Å². The molecule has 4 aromatic rings. The van der Waals surface area contributed by atoms with E-state index in [1.807, 2.05) is 63.2 Å². The monoisotopic (exact) mass is 489 g/mol. The van der Waals surface area contributed by atoms with Crippen molar-refractivity contribution in [1.29, 1.82) is 0 Å². The van der Waals surface area contributed by atoms with Gasteiger partial charge in [-0.3, -0.25) is 13.9 Å². The number of rotatable bonds is 6. The first kappa shape index (κ1) is 23.9. The Hall–Kier alpha value is -3.78. The second-order valence-electron chi connectivity index (χ2n) is 9.00. The fourth-order valence-electron chi connectivity index (χ4n) is 5.08. The summed E-state index contributed by atoms with van der Waals surface area (Å²) in [5.74, 6) is 1.30. The molecular weight excluding hydrogens is 458 g/mol. The standard InChI is InChI=1S/C28H31N3O5/c1-6-34-20-13-12-19(16-21(20)35-7-2)26-25-24-22(27(32)30(5)28(33)29(24)4)23(31(25)14-15-36-26)18-10-8-17(3)9-11-18/h8-13,16,26H,6-7,14-15H2,1-5H3/t26-/m0/s1. The number of nitrogens with zero attached hydrogens (tertiary/aromatic N) is 3. The molecule has 0 unspecified atom stereocenters. The molecule has 2 aromatic carbocycles. The van der Waals surface area contributed by atoms with Crippen molar-refractivity contribution in [3.8, 4) is 22.8 Å². The van der Waals surface area contributed by atoms with Crippen LogP contribution in [-0.4, -0.2) is 33.5 Å². The maximum atomic E-state index is 13.5. The lowest BCUT2D eigenvalue weighted by atomic mass is 10.0. The molecule has 0 saturated carbocycles. The molecule has 0 fully saturated rings. The molecule has 0 radical (unpaired) electrons. The van der Waals surface area contributed by atoms with Crippen LogP contribution in [0, 0.1) is 6.92 Å². The van der Waals surface area contributed by atoms with Crippen LogP contribution in [0.2, 0.25) is 0 Å². The highest BCUT2D eigenvalue weighted by atomic mass is 16.5. The first-order valence-corrected chi connectivity index (χ1v) is 12.3. The zero-order valence-electron chi connectivity index (χ0n) is 21.3. The predicted octanol–water partition coefficient (Wildman–Crippen LogP) is 3.93. The summed E-state index contributed by atoms with van der Waals surface area (Å²) in [5.41, 5.74) is 4.42. The van der Waals surface area contributed by atoms with Crippen molar-refractivity contribution in [3.63, 3.8) is 0 Å². The molecule has 0 N–H and O–H groups in total. The first-order chi connectivity index (χ1) is 17.4.